The maximum Gasteiger partial charge on any atom is 0.458 e. The van der Waals surface area contributed by atoms with Gasteiger partial charge in [0.15, 0.2) is 0 Å². The Bertz CT molecular complexity index is 831. The number of aromatic nitrogens is 2. The fraction of sp³-hybridized carbons (Fsp3) is 0.154. The number of hydrogen-bond acceptors (Lipinski definition) is 3. The molecule has 0 radical (unpaired) electrons. The van der Waals surface area contributed by atoms with Crippen molar-refractivity contribution in [3.05, 3.63) is 63.8 Å². The Balaban J connectivity index is 2.32. The van der Waals surface area contributed by atoms with E-state index in [1.807, 2.05) is 5.43 Å². The van der Waals surface area contributed by atoms with Crippen LogP contribution in [0, 0.1) is 5.82 Å². The van der Waals surface area contributed by atoms with Gasteiger partial charge < -0.3 is 0 Å². The maximum absolute atomic E-state index is 13.8. The van der Waals surface area contributed by atoms with Crippen LogP contribution >= 0.6 is 0 Å². The lowest BCUT2D eigenvalue weighted by atomic mass is 10.0. The number of hydrogen-bond donors (Lipinski definition) is 1. The summed E-state index contributed by atoms with van der Waals surface area (Å²) in [6, 6.07) is 2.92. The normalized spacial score (nSPS) is 12.1. The van der Waals surface area contributed by atoms with E-state index in [-0.39, 0.29) is 12.1 Å². The molecule has 0 saturated carbocycles. The lowest BCUT2D eigenvalue weighted by Gasteiger charge is -2.20. The summed E-state index contributed by atoms with van der Waals surface area (Å²) in [5, 5.41) is 3.44. The monoisotopic (exact) mass is 351 g/mol. The zero-order valence-corrected chi connectivity index (χ0v) is 11.4. The number of benzene rings is 1. The van der Waals surface area contributed by atoms with Gasteiger partial charge in [0.2, 0.25) is 0 Å². The van der Waals surface area contributed by atoms with Gasteiger partial charge in [-0.15, -0.1) is 4.79 Å². The minimum atomic E-state index is -5.91. The number of amides is 1. The molecule has 0 atom stereocenters. The zero-order valence-electron chi connectivity index (χ0n) is 11.4. The predicted molar refractivity (Wildman–Crippen MR) is 68.5 cm³/mol. The maximum atomic E-state index is 13.8. The molecular weight excluding hydrogens is 344 g/mol. The second kappa shape index (κ2) is 5.98. The number of rotatable bonds is 3. The molecule has 0 saturated heterocycles. The van der Waals surface area contributed by atoms with Gasteiger partial charge in [0.1, 0.15) is 5.82 Å². The summed E-state index contributed by atoms with van der Waals surface area (Å²) in [4.78, 5) is 23.6. The first-order valence-electron chi connectivity index (χ1n) is 6.14. The van der Waals surface area contributed by atoms with E-state index in [0.717, 1.165) is 12.3 Å². The molecule has 24 heavy (non-hydrogen) atoms. The molecule has 11 heteroatoms. The molecule has 0 spiro atoms. The minimum absolute atomic E-state index is 0.0937. The van der Waals surface area contributed by atoms with E-state index in [0.29, 0.717) is 10.9 Å². The number of nitrogens with one attached hydrogen (secondary N) is 1. The van der Waals surface area contributed by atoms with E-state index in [2.05, 4.69) is 5.10 Å². The molecule has 0 aliphatic rings. The molecule has 0 fully saturated rings. The third kappa shape index (κ3) is 3.24. The van der Waals surface area contributed by atoms with Crippen molar-refractivity contribution in [2.24, 2.45) is 0 Å². The van der Waals surface area contributed by atoms with Crippen LogP contribution in [0.3, 0.4) is 0 Å². The van der Waals surface area contributed by atoms with Crippen molar-refractivity contribution in [1.29, 1.82) is 0 Å². The minimum Gasteiger partial charge on any atom is -0.267 e. The van der Waals surface area contributed by atoms with E-state index in [9.17, 15) is 35.9 Å². The number of nitrogens with zero attached hydrogens (tertiary/aromatic N) is 2. The number of carbonyl (C=O) groups is 1. The Morgan fingerprint density at radius 2 is 1.79 bits per heavy atom. The standard InChI is InChI=1S/C13H7F6N3O2/c14-9-6-7(12(15,16)13(17,18)19)3-4-8(9)11(24)21-22-10(23)2-1-5-20-22/h1-6H,(H,21,24). The Morgan fingerprint density at radius 3 is 2.33 bits per heavy atom. The largest absolute Gasteiger partial charge is 0.458 e. The second-order valence-corrected chi connectivity index (χ2v) is 4.48. The van der Waals surface area contributed by atoms with E-state index >= 15 is 0 Å². The van der Waals surface area contributed by atoms with Crippen molar-refractivity contribution in [2.45, 2.75) is 12.1 Å². The van der Waals surface area contributed by atoms with Gasteiger partial charge >= 0.3 is 12.1 Å². The van der Waals surface area contributed by atoms with Crippen molar-refractivity contribution in [3.8, 4) is 0 Å². The molecule has 1 N–H and O–H groups in total. The van der Waals surface area contributed by atoms with Gasteiger partial charge in [0.05, 0.1) is 5.56 Å². The van der Waals surface area contributed by atoms with Crippen LogP contribution in [0.5, 0.6) is 0 Å². The molecule has 2 aromatic rings. The molecule has 1 amide bonds. The Hall–Kier alpha value is -2.85. The third-order valence-electron chi connectivity index (χ3n) is 2.86. The van der Waals surface area contributed by atoms with Gasteiger partial charge in [0.25, 0.3) is 11.5 Å². The van der Waals surface area contributed by atoms with Crippen LogP contribution in [-0.4, -0.2) is 22.0 Å². The molecule has 2 rings (SSSR count). The Morgan fingerprint density at radius 1 is 1.12 bits per heavy atom. The molecule has 0 aliphatic heterocycles. The summed E-state index contributed by atoms with van der Waals surface area (Å²) in [7, 11) is 0. The van der Waals surface area contributed by atoms with Crippen LogP contribution in [0.2, 0.25) is 0 Å². The highest BCUT2D eigenvalue weighted by Gasteiger charge is 2.58. The van der Waals surface area contributed by atoms with Crippen LogP contribution in [0.4, 0.5) is 26.3 Å². The van der Waals surface area contributed by atoms with Gasteiger partial charge in [0, 0.05) is 17.8 Å². The van der Waals surface area contributed by atoms with Crippen LogP contribution in [0.25, 0.3) is 0 Å². The fourth-order valence-electron chi connectivity index (χ4n) is 1.66. The third-order valence-corrected chi connectivity index (χ3v) is 2.86. The number of carbonyl (C=O) groups excluding carboxylic acids is 1. The molecular formula is C13H7F6N3O2. The number of alkyl halides is 5. The summed E-state index contributed by atoms with van der Waals surface area (Å²) in [6.45, 7) is 0. The van der Waals surface area contributed by atoms with E-state index in [4.69, 9.17) is 0 Å². The molecule has 1 heterocycles. The number of halogens is 6. The van der Waals surface area contributed by atoms with Crippen molar-refractivity contribution < 1.29 is 31.1 Å². The quantitative estimate of drug-likeness (QED) is 0.864. The van der Waals surface area contributed by atoms with Crippen molar-refractivity contribution in [2.75, 3.05) is 5.43 Å². The lowest BCUT2D eigenvalue weighted by molar-refractivity contribution is -0.289. The van der Waals surface area contributed by atoms with Gasteiger partial charge in [-0.3, -0.25) is 9.59 Å². The predicted octanol–water partition coefficient (Wildman–Crippen LogP) is 2.42. The zero-order chi connectivity index (χ0) is 18.1. The highest BCUT2D eigenvalue weighted by atomic mass is 19.4. The average molecular weight is 351 g/mol. The topological polar surface area (TPSA) is 64.0 Å². The summed E-state index contributed by atoms with van der Waals surface area (Å²) in [5.74, 6) is -8.14. The molecule has 5 nitrogen and oxygen atoms in total. The van der Waals surface area contributed by atoms with Crippen molar-refractivity contribution in [1.82, 2.24) is 9.89 Å². The van der Waals surface area contributed by atoms with Gasteiger partial charge in [-0.05, 0) is 18.2 Å². The molecule has 1 aromatic heterocycles. The van der Waals surface area contributed by atoms with E-state index in [1.165, 1.54) is 6.07 Å². The molecule has 0 bridgehead atoms. The Labute approximate surface area is 129 Å². The van der Waals surface area contributed by atoms with Crippen LogP contribution in [0.15, 0.2) is 41.3 Å². The molecule has 128 valence electrons. The summed E-state index contributed by atoms with van der Waals surface area (Å²) < 4.78 is 76.7. The first-order chi connectivity index (χ1) is 11.0. The van der Waals surface area contributed by atoms with Crippen molar-refractivity contribution in [3.63, 3.8) is 0 Å². The fourth-order valence-corrected chi connectivity index (χ4v) is 1.66. The van der Waals surface area contributed by atoms with Crippen LogP contribution < -0.4 is 11.0 Å². The molecule has 1 aromatic carbocycles. The Kier molecular flexibility index (Phi) is 4.36. The highest BCUT2D eigenvalue weighted by Crippen LogP contribution is 2.44. The smallest absolute Gasteiger partial charge is 0.267 e. The summed E-state index contributed by atoms with van der Waals surface area (Å²) in [6.07, 6.45) is -4.78. The first-order valence-corrected chi connectivity index (χ1v) is 6.14. The first kappa shape index (κ1) is 17.5. The van der Waals surface area contributed by atoms with Crippen molar-refractivity contribution >= 4 is 5.91 Å². The lowest BCUT2D eigenvalue weighted by Crippen LogP contribution is -2.35. The van der Waals surface area contributed by atoms with E-state index in [1.54, 1.807) is 0 Å². The average Bonchev–Trinajstić information content (AvgIpc) is 2.48. The second-order valence-electron chi connectivity index (χ2n) is 4.48. The van der Waals surface area contributed by atoms with Gasteiger partial charge in [-0.1, -0.05) is 6.07 Å². The van der Waals surface area contributed by atoms with Crippen LogP contribution in [0.1, 0.15) is 15.9 Å². The summed E-state index contributed by atoms with van der Waals surface area (Å²) in [5.41, 5.74) is -1.40. The SMILES string of the molecule is O=C(Nn1ncccc1=O)c1ccc(C(F)(F)C(F)(F)F)cc1F. The van der Waals surface area contributed by atoms with E-state index < -0.39 is 40.5 Å². The molecule has 0 aliphatic carbocycles. The van der Waals surface area contributed by atoms with Gasteiger partial charge in [-0.2, -0.15) is 27.1 Å². The summed E-state index contributed by atoms with van der Waals surface area (Å²) >= 11 is 0. The highest BCUT2D eigenvalue weighted by molar-refractivity contribution is 6.00. The van der Waals surface area contributed by atoms with Crippen LogP contribution in [-0.2, 0) is 5.92 Å². The van der Waals surface area contributed by atoms with Gasteiger partial charge in [-0.25, -0.2) is 9.82 Å². The molecule has 0 unspecified atom stereocenters.